The minimum atomic E-state index is -0.209. The van der Waals surface area contributed by atoms with Crippen molar-refractivity contribution in [3.8, 4) is 0 Å². The molecular weight excluding hydrogens is 321 g/mol. The van der Waals surface area contributed by atoms with Crippen molar-refractivity contribution < 1.29 is 5.11 Å². The van der Waals surface area contributed by atoms with Crippen LogP contribution >= 0.6 is 23.2 Å². The number of aromatic nitrogens is 3. The van der Waals surface area contributed by atoms with Gasteiger partial charge in [-0.25, -0.2) is 9.67 Å². The van der Waals surface area contributed by atoms with Gasteiger partial charge >= 0.3 is 0 Å². The van der Waals surface area contributed by atoms with Crippen LogP contribution in [0.2, 0.25) is 10.0 Å². The molecule has 0 unspecified atom stereocenters. The highest BCUT2D eigenvalue weighted by Crippen LogP contribution is 2.47. The largest absolute Gasteiger partial charge is 0.395 e. The van der Waals surface area contributed by atoms with Gasteiger partial charge in [-0.05, 0) is 44.4 Å². The molecule has 1 heterocycles. The van der Waals surface area contributed by atoms with Crippen molar-refractivity contribution in [3.05, 3.63) is 45.5 Å². The lowest BCUT2D eigenvalue weighted by Crippen LogP contribution is -2.20. The van der Waals surface area contributed by atoms with Gasteiger partial charge in [0.15, 0.2) is 5.82 Å². The molecular formula is C16H19Cl2N3O. The molecule has 1 N–H and O–H groups in total. The van der Waals surface area contributed by atoms with E-state index in [2.05, 4.69) is 23.9 Å². The minimum Gasteiger partial charge on any atom is -0.395 e. The summed E-state index contributed by atoms with van der Waals surface area (Å²) in [4.78, 5) is 4.69. The lowest BCUT2D eigenvalue weighted by Gasteiger charge is -2.15. The summed E-state index contributed by atoms with van der Waals surface area (Å²) in [5.41, 5.74) is 0.631. The fraction of sp³-hybridized carbons (Fsp3) is 0.500. The van der Waals surface area contributed by atoms with Gasteiger partial charge in [-0.3, -0.25) is 0 Å². The Morgan fingerprint density at radius 1 is 1.27 bits per heavy atom. The first-order valence-electron chi connectivity index (χ1n) is 7.46. The van der Waals surface area contributed by atoms with E-state index in [0.29, 0.717) is 22.3 Å². The second-order valence-electron chi connectivity index (χ2n) is 6.21. The zero-order chi connectivity index (χ0) is 15.9. The summed E-state index contributed by atoms with van der Waals surface area (Å²) in [7, 11) is 0. The van der Waals surface area contributed by atoms with Gasteiger partial charge < -0.3 is 5.11 Å². The summed E-state index contributed by atoms with van der Waals surface area (Å²) in [6.07, 6.45) is 2.41. The fourth-order valence-corrected chi connectivity index (χ4v) is 3.16. The van der Waals surface area contributed by atoms with Crippen LogP contribution in [-0.2, 0) is 11.8 Å². The van der Waals surface area contributed by atoms with Crippen molar-refractivity contribution in [2.75, 3.05) is 6.61 Å². The van der Waals surface area contributed by atoms with Crippen LogP contribution < -0.4 is 0 Å². The molecule has 1 aliphatic rings. The van der Waals surface area contributed by atoms with E-state index in [4.69, 9.17) is 23.2 Å². The monoisotopic (exact) mass is 339 g/mol. The second-order valence-corrected chi connectivity index (χ2v) is 7.02. The Hall–Kier alpha value is -1.10. The molecule has 0 spiro atoms. The zero-order valence-corrected chi connectivity index (χ0v) is 14.2. The van der Waals surface area contributed by atoms with Gasteiger partial charge in [0.25, 0.3) is 0 Å². The lowest BCUT2D eigenvalue weighted by molar-refractivity contribution is 0.243. The van der Waals surface area contributed by atoms with Gasteiger partial charge in [0.1, 0.15) is 5.82 Å². The van der Waals surface area contributed by atoms with Crippen LogP contribution in [0.5, 0.6) is 0 Å². The molecule has 118 valence electrons. The van der Waals surface area contributed by atoms with Crippen LogP contribution in [0.15, 0.2) is 18.2 Å². The Labute approximate surface area is 140 Å². The normalized spacial score (nSPS) is 16.3. The number of hydrogen-bond acceptors (Lipinski definition) is 3. The smallest absolute Gasteiger partial charge is 0.155 e. The molecule has 2 aromatic rings. The lowest BCUT2D eigenvalue weighted by atomic mass is 10.1. The molecule has 1 aliphatic carbocycles. The molecule has 0 amide bonds. The van der Waals surface area contributed by atoms with E-state index in [9.17, 15) is 5.11 Å². The van der Waals surface area contributed by atoms with Crippen molar-refractivity contribution in [3.63, 3.8) is 0 Å². The Balaban J connectivity index is 1.97. The summed E-state index contributed by atoms with van der Waals surface area (Å²) in [5.74, 6) is 1.57. The maximum atomic E-state index is 9.68. The highest BCUT2D eigenvalue weighted by molar-refractivity contribution is 6.36. The second kappa shape index (κ2) is 5.84. The number of halogens is 2. The molecule has 6 heteroatoms. The molecule has 1 aromatic carbocycles. The van der Waals surface area contributed by atoms with E-state index in [-0.39, 0.29) is 18.1 Å². The SMILES string of the molecule is CC(C)n1nc(Cc2c(Cl)cccc2Cl)nc1C1(CO)CC1. The molecule has 3 rings (SSSR count). The zero-order valence-electron chi connectivity index (χ0n) is 12.7. The van der Waals surface area contributed by atoms with E-state index in [1.54, 1.807) is 0 Å². The van der Waals surface area contributed by atoms with Crippen molar-refractivity contribution in [2.24, 2.45) is 0 Å². The molecule has 0 aliphatic heterocycles. The van der Waals surface area contributed by atoms with Crippen LogP contribution in [0, 0.1) is 0 Å². The number of aliphatic hydroxyl groups excluding tert-OH is 1. The number of benzene rings is 1. The number of aliphatic hydroxyl groups is 1. The quantitative estimate of drug-likeness (QED) is 0.901. The molecule has 22 heavy (non-hydrogen) atoms. The van der Waals surface area contributed by atoms with Crippen molar-refractivity contribution in [2.45, 2.75) is 44.6 Å². The Morgan fingerprint density at radius 2 is 1.91 bits per heavy atom. The Bertz CT molecular complexity index is 672. The van der Waals surface area contributed by atoms with Crippen LogP contribution in [0.4, 0.5) is 0 Å². The van der Waals surface area contributed by atoms with Crippen LogP contribution in [0.3, 0.4) is 0 Å². The van der Waals surface area contributed by atoms with Crippen LogP contribution in [0.1, 0.15) is 49.9 Å². The maximum absolute atomic E-state index is 9.68. The van der Waals surface area contributed by atoms with Gasteiger partial charge in [0, 0.05) is 22.5 Å². The van der Waals surface area contributed by atoms with E-state index in [1.165, 1.54) is 0 Å². The first kappa shape index (κ1) is 15.8. The molecule has 0 saturated heterocycles. The van der Waals surface area contributed by atoms with Crippen molar-refractivity contribution >= 4 is 23.2 Å². The summed E-state index contributed by atoms with van der Waals surface area (Å²) < 4.78 is 1.92. The van der Waals surface area contributed by atoms with E-state index < -0.39 is 0 Å². The van der Waals surface area contributed by atoms with E-state index in [1.807, 2.05) is 22.9 Å². The summed E-state index contributed by atoms with van der Waals surface area (Å²) in [6.45, 7) is 4.25. The average Bonchev–Trinajstić information content (AvgIpc) is 3.16. The Morgan fingerprint density at radius 3 is 2.41 bits per heavy atom. The topological polar surface area (TPSA) is 50.9 Å². The summed E-state index contributed by atoms with van der Waals surface area (Å²) in [6, 6.07) is 5.66. The van der Waals surface area contributed by atoms with E-state index in [0.717, 1.165) is 24.2 Å². The molecule has 1 aromatic heterocycles. The van der Waals surface area contributed by atoms with Crippen LogP contribution in [-0.4, -0.2) is 26.5 Å². The van der Waals surface area contributed by atoms with Gasteiger partial charge in [0.05, 0.1) is 12.0 Å². The third kappa shape index (κ3) is 2.75. The molecule has 4 nitrogen and oxygen atoms in total. The summed E-state index contributed by atoms with van der Waals surface area (Å²) >= 11 is 12.5. The molecule has 1 saturated carbocycles. The van der Waals surface area contributed by atoms with Crippen LogP contribution in [0.25, 0.3) is 0 Å². The number of hydrogen-bond donors (Lipinski definition) is 1. The number of nitrogens with zero attached hydrogens (tertiary/aromatic N) is 3. The highest BCUT2D eigenvalue weighted by atomic mass is 35.5. The third-order valence-electron chi connectivity index (χ3n) is 4.19. The first-order valence-corrected chi connectivity index (χ1v) is 8.22. The predicted octanol–water partition coefficient (Wildman–Crippen LogP) is 3.78. The van der Waals surface area contributed by atoms with Crippen molar-refractivity contribution in [1.29, 1.82) is 0 Å². The van der Waals surface area contributed by atoms with E-state index >= 15 is 0 Å². The Kier molecular flexibility index (Phi) is 4.19. The maximum Gasteiger partial charge on any atom is 0.155 e. The minimum absolute atomic E-state index is 0.116. The average molecular weight is 340 g/mol. The highest BCUT2D eigenvalue weighted by Gasteiger charge is 2.48. The van der Waals surface area contributed by atoms with Gasteiger partial charge in [-0.15, -0.1) is 0 Å². The fourth-order valence-electron chi connectivity index (χ4n) is 2.63. The van der Waals surface area contributed by atoms with Gasteiger partial charge in [-0.1, -0.05) is 29.3 Å². The molecule has 0 radical (unpaired) electrons. The third-order valence-corrected chi connectivity index (χ3v) is 4.90. The van der Waals surface area contributed by atoms with Gasteiger partial charge in [-0.2, -0.15) is 5.10 Å². The molecule has 0 bridgehead atoms. The molecule has 1 fully saturated rings. The van der Waals surface area contributed by atoms with Crippen molar-refractivity contribution in [1.82, 2.24) is 14.8 Å². The molecule has 0 atom stereocenters. The standard InChI is InChI=1S/C16H19Cl2N3O/c1-10(2)21-15(16(9-22)6-7-16)19-14(20-21)8-11-12(17)4-3-5-13(11)18/h3-5,10,22H,6-9H2,1-2H3. The summed E-state index contributed by atoms with van der Waals surface area (Å²) in [5, 5.41) is 15.5. The number of rotatable bonds is 5. The first-order chi connectivity index (χ1) is 10.5. The van der Waals surface area contributed by atoms with Gasteiger partial charge in [0.2, 0.25) is 0 Å². The predicted molar refractivity (Wildman–Crippen MR) is 87.7 cm³/mol.